The van der Waals surface area contributed by atoms with E-state index >= 15 is 0 Å². The van der Waals surface area contributed by atoms with Gasteiger partial charge in [-0.2, -0.15) is 0 Å². The Bertz CT molecular complexity index is 462. The van der Waals surface area contributed by atoms with Gasteiger partial charge in [-0.15, -0.1) is 0 Å². The van der Waals surface area contributed by atoms with Gasteiger partial charge in [0.25, 0.3) is 0 Å². The summed E-state index contributed by atoms with van der Waals surface area (Å²) in [5.74, 6) is 1.74. The Morgan fingerprint density at radius 2 is 2.06 bits per heavy atom. The van der Waals surface area contributed by atoms with E-state index in [1.54, 1.807) is 7.11 Å². The predicted octanol–water partition coefficient (Wildman–Crippen LogP) is 1.98. The Morgan fingerprint density at radius 3 is 2.71 bits per heavy atom. The Labute approximate surface area is 101 Å². The zero-order valence-electron chi connectivity index (χ0n) is 9.94. The lowest BCUT2D eigenvalue weighted by atomic mass is 10.2. The van der Waals surface area contributed by atoms with E-state index in [1.807, 2.05) is 30.5 Å². The Morgan fingerprint density at radius 1 is 1.29 bits per heavy atom. The molecule has 17 heavy (non-hydrogen) atoms. The largest absolute Gasteiger partial charge is 0.497 e. The first-order chi connectivity index (χ1) is 8.33. The van der Waals surface area contributed by atoms with Gasteiger partial charge in [0.15, 0.2) is 0 Å². The summed E-state index contributed by atoms with van der Waals surface area (Å²) in [5.41, 5.74) is 7.66. The molecule has 0 bridgehead atoms. The van der Waals surface area contributed by atoms with Crippen molar-refractivity contribution in [1.82, 2.24) is 9.97 Å². The van der Waals surface area contributed by atoms with Crippen LogP contribution in [0.3, 0.4) is 0 Å². The first-order valence-corrected chi connectivity index (χ1v) is 5.72. The fourth-order valence-electron chi connectivity index (χ4n) is 1.67. The molecule has 0 aliphatic carbocycles. The molecule has 4 heteroatoms. The molecule has 0 aliphatic heterocycles. The number of ether oxygens (including phenoxy) is 1. The summed E-state index contributed by atoms with van der Waals surface area (Å²) in [6.07, 6.45) is 3.79. The van der Waals surface area contributed by atoms with E-state index in [9.17, 15) is 0 Å². The minimum Gasteiger partial charge on any atom is -0.497 e. The van der Waals surface area contributed by atoms with Gasteiger partial charge in [-0.3, -0.25) is 0 Å². The average molecular weight is 231 g/mol. The summed E-state index contributed by atoms with van der Waals surface area (Å²) in [6.45, 7) is 0.705. The van der Waals surface area contributed by atoms with Crippen LogP contribution in [0, 0.1) is 0 Å². The number of aryl methyl sites for hydroxylation is 1. The maximum atomic E-state index is 5.48. The second kappa shape index (κ2) is 5.50. The van der Waals surface area contributed by atoms with Crippen LogP contribution in [0.4, 0.5) is 0 Å². The third-order valence-corrected chi connectivity index (χ3v) is 2.64. The highest BCUT2D eigenvalue weighted by Gasteiger charge is 2.03. The number of H-pyrrole nitrogens is 1. The molecule has 0 atom stereocenters. The Hall–Kier alpha value is -1.81. The van der Waals surface area contributed by atoms with Crippen molar-refractivity contribution in [3.63, 3.8) is 0 Å². The molecule has 2 aromatic rings. The van der Waals surface area contributed by atoms with Gasteiger partial charge >= 0.3 is 0 Å². The highest BCUT2D eigenvalue weighted by atomic mass is 16.5. The van der Waals surface area contributed by atoms with Crippen LogP contribution in [-0.4, -0.2) is 23.6 Å². The maximum absolute atomic E-state index is 5.48. The number of benzene rings is 1. The summed E-state index contributed by atoms with van der Waals surface area (Å²) in [6, 6.07) is 7.84. The quantitative estimate of drug-likeness (QED) is 0.827. The standard InChI is InChI=1S/C13H17N3O/c1-17-12-6-4-10(5-7-12)13-15-9-11(16-13)3-2-8-14/h4-7,9H,2-3,8,14H2,1H3,(H,15,16). The van der Waals surface area contributed by atoms with Gasteiger partial charge in [-0.25, -0.2) is 4.98 Å². The highest BCUT2D eigenvalue weighted by Crippen LogP contribution is 2.19. The van der Waals surface area contributed by atoms with Crippen LogP contribution in [0.1, 0.15) is 12.1 Å². The van der Waals surface area contributed by atoms with Crippen molar-refractivity contribution in [2.24, 2.45) is 5.73 Å². The molecule has 2 rings (SSSR count). The topological polar surface area (TPSA) is 63.9 Å². The zero-order chi connectivity index (χ0) is 12.1. The van der Waals surface area contributed by atoms with Crippen LogP contribution in [0.2, 0.25) is 0 Å². The van der Waals surface area contributed by atoms with E-state index in [0.29, 0.717) is 6.54 Å². The lowest BCUT2D eigenvalue weighted by molar-refractivity contribution is 0.415. The van der Waals surface area contributed by atoms with Crippen molar-refractivity contribution >= 4 is 0 Å². The fraction of sp³-hybridized carbons (Fsp3) is 0.308. The minimum absolute atomic E-state index is 0.705. The number of hydrogen-bond acceptors (Lipinski definition) is 3. The molecule has 3 N–H and O–H groups in total. The fourth-order valence-corrected chi connectivity index (χ4v) is 1.67. The molecule has 4 nitrogen and oxygen atoms in total. The van der Waals surface area contributed by atoms with E-state index < -0.39 is 0 Å². The molecule has 0 aliphatic rings. The minimum atomic E-state index is 0.705. The number of imidazole rings is 1. The number of hydrogen-bond donors (Lipinski definition) is 2. The second-order valence-electron chi connectivity index (χ2n) is 3.88. The average Bonchev–Trinajstić information content (AvgIpc) is 2.85. The van der Waals surface area contributed by atoms with Gasteiger partial charge in [0, 0.05) is 17.5 Å². The number of nitrogens with two attached hydrogens (primary N) is 1. The van der Waals surface area contributed by atoms with Gasteiger partial charge in [-0.1, -0.05) is 0 Å². The van der Waals surface area contributed by atoms with Crippen molar-refractivity contribution in [3.05, 3.63) is 36.2 Å². The normalized spacial score (nSPS) is 10.5. The molecule has 1 aromatic heterocycles. The van der Waals surface area contributed by atoms with Crippen molar-refractivity contribution in [2.45, 2.75) is 12.8 Å². The van der Waals surface area contributed by atoms with E-state index in [1.165, 1.54) is 0 Å². The molecule has 0 amide bonds. The summed E-state index contributed by atoms with van der Waals surface area (Å²) in [4.78, 5) is 7.65. The maximum Gasteiger partial charge on any atom is 0.137 e. The Kier molecular flexibility index (Phi) is 3.77. The van der Waals surface area contributed by atoms with Gasteiger partial charge < -0.3 is 15.5 Å². The SMILES string of the molecule is COc1ccc(-c2ncc(CCCN)[nH]2)cc1. The van der Waals surface area contributed by atoms with Crippen LogP contribution in [-0.2, 0) is 6.42 Å². The molecular weight excluding hydrogens is 214 g/mol. The number of aromatic amines is 1. The van der Waals surface area contributed by atoms with Crippen molar-refractivity contribution in [1.29, 1.82) is 0 Å². The Balaban J connectivity index is 2.12. The van der Waals surface area contributed by atoms with E-state index in [-0.39, 0.29) is 0 Å². The van der Waals surface area contributed by atoms with Crippen LogP contribution in [0.25, 0.3) is 11.4 Å². The second-order valence-corrected chi connectivity index (χ2v) is 3.88. The first kappa shape index (κ1) is 11.7. The van der Waals surface area contributed by atoms with Crippen LogP contribution >= 0.6 is 0 Å². The molecule has 0 unspecified atom stereocenters. The molecule has 90 valence electrons. The monoisotopic (exact) mass is 231 g/mol. The smallest absolute Gasteiger partial charge is 0.137 e. The van der Waals surface area contributed by atoms with Crippen LogP contribution in [0.15, 0.2) is 30.5 Å². The molecule has 0 saturated carbocycles. The third-order valence-electron chi connectivity index (χ3n) is 2.64. The predicted molar refractivity (Wildman–Crippen MR) is 68.0 cm³/mol. The highest BCUT2D eigenvalue weighted by molar-refractivity contribution is 5.56. The van der Waals surface area contributed by atoms with Gasteiger partial charge in [-0.05, 0) is 43.7 Å². The van der Waals surface area contributed by atoms with Crippen LogP contribution < -0.4 is 10.5 Å². The van der Waals surface area contributed by atoms with Gasteiger partial charge in [0.05, 0.1) is 7.11 Å². The van der Waals surface area contributed by atoms with Crippen LogP contribution in [0.5, 0.6) is 5.75 Å². The first-order valence-electron chi connectivity index (χ1n) is 5.72. The number of nitrogens with zero attached hydrogens (tertiary/aromatic N) is 1. The van der Waals surface area contributed by atoms with E-state index in [0.717, 1.165) is 35.7 Å². The zero-order valence-corrected chi connectivity index (χ0v) is 9.94. The van der Waals surface area contributed by atoms with Gasteiger partial charge in [0.1, 0.15) is 11.6 Å². The lowest BCUT2D eigenvalue weighted by Crippen LogP contribution is -2.00. The summed E-state index contributed by atoms with van der Waals surface area (Å²) >= 11 is 0. The number of aromatic nitrogens is 2. The number of rotatable bonds is 5. The third kappa shape index (κ3) is 2.85. The molecule has 1 heterocycles. The molecule has 1 aromatic carbocycles. The number of nitrogens with one attached hydrogen (secondary N) is 1. The van der Waals surface area contributed by atoms with Crippen molar-refractivity contribution in [2.75, 3.05) is 13.7 Å². The molecule has 0 fully saturated rings. The molecular formula is C13H17N3O. The van der Waals surface area contributed by atoms with E-state index in [2.05, 4.69) is 9.97 Å². The lowest BCUT2D eigenvalue weighted by Gasteiger charge is -2.00. The van der Waals surface area contributed by atoms with E-state index in [4.69, 9.17) is 10.5 Å². The van der Waals surface area contributed by atoms with Crippen molar-refractivity contribution in [3.8, 4) is 17.1 Å². The molecule has 0 radical (unpaired) electrons. The summed E-state index contributed by atoms with van der Waals surface area (Å²) in [5, 5.41) is 0. The summed E-state index contributed by atoms with van der Waals surface area (Å²) < 4.78 is 5.12. The molecule has 0 spiro atoms. The summed E-state index contributed by atoms with van der Waals surface area (Å²) in [7, 11) is 1.66. The van der Waals surface area contributed by atoms with Crippen molar-refractivity contribution < 1.29 is 4.74 Å². The van der Waals surface area contributed by atoms with Gasteiger partial charge in [0.2, 0.25) is 0 Å². The number of methoxy groups -OCH3 is 1. The molecule has 0 saturated heterocycles.